The Morgan fingerprint density at radius 2 is 2.31 bits per heavy atom. The largest absolute Gasteiger partial charge is 0.475 e. The Morgan fingerprint density at radius 3 is 2.88 bits per heavy atom. The predicted octanol–water partition coefficient (Wildman–Crippen LogP) is 1.45. The van der Waals surface area contributed by atoms with Crippen LogP contribution in [-0.4, -0.2) is 43.3 Å². The molecule has 1 rings (SSSR count). The van der Waals surface area contributed by atoms with E-state index in [1.165, 1.54) is 6.07 Å². The van der Waals surface area contributed by atoms with Gasteiger partial charge in [0, 0.05) is 20.3 Å². The van der Waals surface area contributed by atoms with E-state index in [9.17, 15) is 4.79 Å². The number of aromatic carboxylic acids is 1. The zero-order valence-electron chi connectivity index (χ0n) is 9.60. The number of carboxylic acids is 1. The molecule has 0 spiro atoms. The molecule has 0 saturated heterocycles. The fourth-order valence-corrected chi connectivity index (χ4v) is 1.40. The fraction of sp³-hybridized carbons (Fsp3) is 0.545. The summed E-state index contributed by atoms with van der Waals surface area (Å²) < 4.78 is 10.1. The van der Waals surface area contributed by atoms with Gasteiger partial charge < -0.3 is 14.3 Å². The Balaban J connectivity index is 2.37. The second-order valence-electron chi connectivity index (χ2n) is 3.66. The molecule has 0 aliphatic heterocycles. The molecule has 0 atom stereocenters. The van der Waals surface area contributed by atoms with Gasteiger partial charge >= 0.3 is 5.97 Å². The summed E-state index contributed by atoms with van der Waals surface area (Å²) in [6, 6.07) is 3.16. The maximum absolute atomic E-state index is 10.6. The minimum atomic E-state index is -1.03. The molecule has 1 aromatic rings. The normalized spacial score (nSPS) is 10.9. The quantitative estimate of drug-likeness (QED) is 0.714. The summed E-state index contributed by atoms with van der Waals surface area (Å²) in [4.78, 5) is 12.6. The van der Waals surface area contributed by atoms with Crippen LogP contribution in [0.5, 0.6) is 0 Å². The van der Waals surface area contributed by atoms with Gasteiger partial charge in [-0.25, -0.2) is 4.79 Å². The van der Waals surface area contributed by atoms with Crippen molar-refractivity contribution in [2.24, 2.45) is 0 Å². The Bertz CT molecular complexity index is 334. The summed E-state index contributed by atoms with van der Waals surface area (Å²) in [6.07, 6.45) is 0.944. The van der Waals surface area contributed by atoms with Gasteiger partial charge in [-0.2, -0.15) is 0 Å². The van der Waals surface area contributed by atoms with Gasteiger partial charge in [0.05, 0.1) is 6.54 Å². The summed E-state index contributed by atoms with van der Waals surface area (Å²) in [7, 11) is 3.63. The average Bonchev–Trinajstić information content (AvgIpc) is 2.66. The number of ether oxygens (including phenoxy) is 1. The van der Waals surface area contributed by atoms with Crippen molar-refractivity contribution >= 4 is 5.97 Å². The molecule has 90 valence electrons. The molecular formula is C11H17NO4. The van der Waals surface area contributed by atoms with E-state index in [0.717, 1.165) is 19.6 Å². The third kappa shape index (κ3) is 4.04. The zero-order chi connectivity index (χ0) is 12.0. The third-order valence-corrected chi connectivity index (χ3v) is 2.19. The zero-order valence-corrected chi connectivity index (χ0v) is 9.60. The molecule has 5 heteroatoms. The van der Waals surface area contributed by atoms with Gasteiger partial charge in [0.25, 0.3) is 0 Å². The lowest BCUT2D eigenvalue weighted by Crippen LogP contribution is -2.19. The number of carbonyl (C=O) groups is 1. The standard InChI is InChI=1S/C11H17NO4/c1-12(6-3-7-15-2)8-9-4-5-10(16-9)11(13)14/h4-5H,3,6-8H2,1-2H3,(H,13,14). The van der Waals surface area contributed by atoms with Crippen LogP contribution in [0.3, 0.4) is 0 Å². The van der Waals surface area contributed by atoms with Crippen molar-refractivity contribution in [1.82, 2.24) is 4.90 Å². The van der Waals surface area contributed by atoms with E-state index >= 15 is 0 Å². The van der Waals surface area contributed by atoms with Crippen molar-refractivity contribution in [3.8, 4) is 0 Å². The smallest absolute Gasteiger partial charge is 0.371 e. The lowest BCUT2D eigenvalue weighted by atomic mass is 10.3. The Labute approximate surface area is 94.6 Å². The SMILES string of the molecule is COCCCN(C)Cc1ccc(C(=O)O)o1. The van der Waals surface area contributed by atoms with E-state index in [2.05, 4.69) is 4.90 Å². The van der Waals surface area contributed by atoms with Crippen LogP contribution in [0, 0.1) is 0 Å². The molecule has 16 heavy (non-hydrogen) atoms. The van der Waals surface area contributed by atoms with Crippen molar-refractivity contribution in [3.05, 3.63) is 23.7 Å². The lowest BCUT2D eigenvalue weighted by Gasteiger charge is -2.14. The monoisotopic (exact) mass is 227 g/mol. The van der Waals surface area contributed by atoms with E-state index in [-0.39, 0.29) is 5.76 Å². The topological polar surface area (TPSA) is 62.9 Å². The molecule has 0 radical (unpaired) electrons. The molecule has 1 heterocycles. The number of hydrogen-bond donors (Lipinski definition) is 1. The Morgan fingerprint density at radius 1 is 1.56 bits per heavy atom. The minimum absolute atomic E-state index is 0.0136. The van der Waals surface area contributed by atoms with Crippen LogP contribution >= 0.6 is 0 Å². The highest BCUT2D eigenvalue weighted by molar-refractivity contribution is 5.84. The number of carboxylic acid groups (broad SMARTS) is 1. The fourth-order valence-electron chi connectivity index (χ4n) is 1.40. The van der Waals surface area contributed by atoms with Crippen molar-refractivity contribution in [2.75, 3.05) is 27.3 Å². The first kappa shape index (κ1) is 12.7. The molecule has 0 saturated carbocycles. The van der Waals surface area contributed by atoms with Gasteiger partial charge in [-0.15, -0.1) is 0 Å². The van der Waals surface area contributed by atoms with Gasteiger partial charge in [0.1, 0.15) is 5.76 Å². The summed E-state index contributed by atoms with van der Waals surface area (Å²) in [5.41, 5.74) is 0. The van der Waals surface area contributed by atoms with E-state index < -0.39 is 5.97 Å². The third-order valence-electron chi connectivity index (χ3n) is 2.19. The first-order chi connectivity index (χ1) is 7.63. The van der Waals surface area contributed by atoms with Gasteiger partial charge in [0.2, 0.25) is 5.76 Å². The maximum atomic E-state index is 10.6. The molecule has 0 fully saturated rings. The highest BCUT2D eigenvalue weighted by Crippen LogP contribution is 2.09. The van der Waals surface area contributed by atoms with Crippen molar-refractivity contribution in [2.45, 2.75) is 13.0 Å². The molecule has 0 aliphatic carbocycles. The van der Waals surface area contributed by atoms with E-state index in [0.29, 0.717) is 12.3 Å². The number of hydrogen-bond acceptors (Lipinski definition) is 4. The molecule has 0 amide bonds. The number of nitrogens with zero attached hydrogens (tertiary/aromatic N) is 1. The van der Waals surface area contributed by atoms with Crippen LogP contribution in [0.1, 0.15) is 22.7 Å². The molecule has 1 aromatic heterocycles. The molecule has 0 bridgehead atoms. The Hall–Kier alpha value is -1.33. The Kier molecular flexibility index (Phi) is 5.01. The summed E-state index contributed by atoms with van der Waals surface area (Å²) in [5.74, 6) is -0.383. The highest BCUT2D eigenvalue weighted by Gasteiger charge is 2.10. The van der Waals surface area contributed by atoms with Gasteiger partial charge in [-0.1, -0.05) is 0 Å². The van der Waals surface area contributed by atoms with Crippen LogP contribution in [0.15, 0.2) is 16.5 Å². The van der Waals surface area contributed by atoms with Gasteiger partial charge in [-0.3, -0.25) is 4.90 Å². The number of rotatable bonds is 7. The second kappa shape index (κ2) is 6.30. The van der Waals surface area contributed by atoms with Crippen LogP contribution in [-0.2, 0) is 11.3 Å². The van der Waals surface area contributed by atoms with Crippen LogP contribution in [0.2, 0.25) is 0 Å². The number of furan rings is 1. The summed E-state index contributed by atoms with van der Waals surface area (Å²) >= 11 is 0. The maximum Gasteiger partial charge on any atom is 0.371 e. The van der Waals surface area contributed by atoms with Crippen molar-refractivity contribution in [3.63, 3.8) is 0 Å². The molecule has 0 aliphatic rings. The minimum Gasteiger partial charge on any atom is -0.475 e. The predicted molar refractivity (Wildman–Crippen MR) is 58.5 cm³/mol. The van der Waals surface area contributed by atoms with Gasteiger partial charge in [0.15, 0.2) is 0 Å². The molecular weight excluding hydrogens is 210 g/mol. The molecule has 1 N–H and O–H groups in total. The van der Waals surface area contributed by atoms with E-state index in [1.807, 2.05) is 7.05 Å². The van der Waals surface area contributed by atoms with Gasteiger partial charge in [-0.05, 0) is 25.6 Å². The summed E-state index contributed by atoms with van der Waals surface area (Å²) in [5, 5.41) is 8.68. The molecule has 0 aromatic carbocycles. The van der Waals surface area contributed by atoms with Crippen molar-refractivity contribution < 1.29 is 19.1 Å². The van der Waals surface area contributed by atoms with Crippen LogP contribution in [0.25, 0.3) is 0 Å². The molecule has 5 nitrogen and oxygen atoms in total. The lowest BCUT2D eigenvalue weighted by molar-refractivity contribution is 0.0658. The number of methoxy groups -OCH3 is 1. The second-order valence-corrected chi connectivity index (χ2v) is 3.66. The summed E-state index contributed by atoms with van der Waals surface area (Å²) in [6.45, 7) is 2.22. The first-order valence-electron chi connectivity index (χ1n) is 5.13. The van der Waals surface area contributed by atoms with E-state index in [1.54, 1.807) is 13.2 Å². The van der Waals surface area contributed by atoms with Crippen LogP contribution < -0.4 is 0 Å². The van der Waals surface area contributed by atoms with E-state index in [4.69, 9.17) is 14.3 Å². The average molecular weight is 227 g/mol. The highest BCUT2D eigenvalue weighted by atomic mass is 16.5. The first-order valence-corrected chi connectivity index (χ1v) is 5.13. The van der Waals surface area contributed by atoms with Crippen molar-refractivity contribution in [1.29, 1.82) is 0 Å². The molecule has 0 unspecified atom stereocenters. The van der Waals surface area contributed by atoms with Crippen LogP contribution in [0.4, 0.5) is 0 Å².